The van der Waals surface area contributed by atoms with Gasteiger partial charge in [0, 0.05) is 32.4 Å². The number of benzene rings is 1. The zero-order chi connectivity index (χ0) is 13.9. The molecule has 0 bridgehead atoms. The van der Waals surface area contributed by atoms with Crippen LogP contribution in [-0.4, -0.2) is 40.1 Å². The molecule has 1 atom stereocenters. The molecule has 0 aliphatic rings. The lowest BCUT2D eigenvalue weighted by Gasteiger charge is -2.17. The monoisotopic (exact) mass is 271 g/mol. The molecule has 1 rings (SSSR count). The van der Waals surface area contributed by atoms with Crippen LogP contribution in [0.3, 0.4) is 0 Å². The van der Waals surface area contributed by atoms with E-state index >= 15 is 0 Å². The van der Waals surface area contributed by atoms with Crippen molar-refractivity contribution >= 4 is 0 Å². The van der Waals surface area contributed by atoms with E-state index in [4.69, 9.17) is 19.9 Å². The van der Waals surface area contributed by atoms with E-state index in [9.17, 15) is 4.39 Å². The zero-order valence-corrected chi connectivity index (χ0v) is 11.3. The van der Waals surface area contributed by atoms with Gasteiger partial charge in [0.1, 0.15) is 5.82 Å². The summed E-state index contributed by atoms with van der Waals surface area (Å²) in [5, 5.41) is 0. The molecule has 19 heavy (non-hydrogen) atoms. The van der Waals surface area contributed by atoms with Crippen molar-refractivity contribution in [3.8, 4) is 0 Å². The molecular weight excluding hydrogens is 249 g/mol. The van der Waals surface area contributed by atoms with Gasteiger partial charge < -0.3 is 19.9 Å². The van der Waals surface area contributed by atoms with E-state index in [0.29, 0.717) is 32.0 Å². The Labute approximate surface area is 113 Å². The second kappa shape index (κ2) is 9.86. The van der Waals surface area contributed by atoms with Crippen molar-refractivity contribution in [3.05, 3.63) is 35.6 Å². The van der Waals surface area contributed by atoms with Gasteiger partial charge in [-0.05, 0) is 12.5 Å². The lowest BCUT2D eigenvalue weighted by Crippen LogP contribution is -2.18. The van der Waals surface area contributed by atoms with Crippen LogP contribution in [0.15, 0.2) is 24.3 Å². The second-order valence-corrected chi connectivity index (χ2v) is 4.08. The Morgan fingerprint density at radius 1 is 1.16 bits per heavy atom. The Morgan fingerprint density at radius 3 is 2.63 bits per heavy atom. The Balaban J connectivity index is 2.24. The third-order valence-corrected chi connectivity index (χ3v) is 2.65. The van der Waals surface area contributed by atoms with Crippen LogP contribution in [-0.2, 0) is 14.2 Å². The van der Waals surface area contributed by atoms with E-state index in [0.717, 1.165) is 6.42 Å². The first-order chi connectivity index (χ1) is 9.29. The fraction of sp³-hybridized carbons (Fsp3) is 0.571. The van der Waals surface area contributed by atoms with Gasteiger partial charge in [-0.15, -0.1) is 0 Å². The van der Waals surface area contributed by atoms with Crippen molar-refractivity contribution in [2.75, 3.05) is 40.1 Å². The van der Waals surface area contributed by atoms with Crippen molar-refractivity contribution in [3.63, 3.8) is 0 Å². The van der Waals surface area contributed by atoms with E-state index in [1.807, 2.05) is 0 Å². The molecule has 0 amide bonds. The largest absolute Gasteiger partial charge is 0.382 e. The molecule has 1 aromatic rings. The predicted molar refractivity (Wildman–Crippen MR) is 71.5 cm³/mol. The summed E-state index contributed by atoms with van der Waals surface area (Å²) < 4.78 is 29.3. The van der Waals surface area contributed by atoms with Gasteiger partial charge in [-0.25, -0.2) is 4.39 Å². The van der Waals surface area contributed by atoms with Gasteiger partial charge in [-0.3, -0.25) is 0 Å². The average molecular weight is 271 g/mol. The highest BCUT2D eigenvalue weighted by molar-refractivity contribution is 5.20. The molecule has 0 heterocycles. The van der Waals surface area contributed by atoms with Crippen molar-refractivity contribution in [2.24, 2.45) is 5.73 Å². The van der Waals surface area contributed by atoms with E-state index in [1.54, 1.807) is 25.3 Å². The predicted octanol–water partition coefficient (Wildman–Crippen LogP) is 1.90. The molecule has 4 nitrogen and oxygen atoms in total. The number of hydrogen-bond acceptors (Lipinski definition) is 4. The van der Waals surface area contributed by atoms with Crippen LogP contribution in [0.1, 0.15) is 18.1 Å². The molecule has 1 aromatic carbocycles. The molecule has 108 valence electrons. The smallest absolute Gasteiger partial charge is 0.129 e. The van der Waals surface area contributed by atoms with E-state index in [2.05, 4.69) is 0 Å². The van der Waals surface area contributed by atoms with Gasteiger partial charge in [-0.2, -0.15) is 0 Å². The topological polar surface area (TPSA) is 53.7 Å². The van der Waals surface area contributed by atoms with Crippen LogP contribution < -0.4 is 5.73 Å². The zero-order valence-electron chi connectivity index (χ0n) is 11.3. The van der Waals surface area contributed by atoms with E-state index in [1.165, 1.54) is 6.07 Å². The molecule has 0 aliphatic heterocycles. The molecule has 5 heteroatoms. The third kappa shape index (κ3) is 6.11. The van der Waals surface area contributed by atoms with Crippen LogP contribution in [0.5, 0.6) is 0 Å². The number of hydrogen-bond donors (Lipinski definition) is 1. The molecule has 0 aromatic heterocycles. The summed E-state index contributed by atoms with van der Waals surface area (Å²) in [6, 6.07) is 6.53. The highest BCUT2D eigenvalue weighted by Crippen LogP contribution is 2.19. The van der Waals surface area contributed by atoms with Crippen molar-refractivity contribution in [1.82, 2.24) is 0 Å². The summed E-state index contributed by atoms with van der Waals surface area (Å²) in [4.78, 5) is 0. The number of nitrogens with two attached hydrogens (primary N) is 1. The lowest BCUT2D eigenvalue weighted by atomic mass is 10.1. The van der Waals surface area contributed by atoms with Crippen LogP contribution in [0.25, 0.3) is 0 Å². The van der Waals surface area contributed by atoms with Crippen molar-refractivity contribution in [1.29, 1.82) is 0 Å². The van der Waals surface area contributed by atoms with Crippen molar-refractivity contribution < 1.29 is 18.6 Å². The number of ether oxygens (including phenoxy) is 3. The third-order valence-electron chi connectivity index (χ3n) is 2.65. The highest BCUT2D eigenvalue weighted by atomic mass is 19.1. The minimum absolute atomic E-state index is 0.255. The molecular formula is C14H22FNO3. The summed E-state index contributed by atoms with van der Waals surface area (Å²) in [5.41, 5.74) is 6.12. The lowest BCUT2D eigenvalue weighted by molar-refractivity contribution is 0.0249. The minimum Gasteiger partial charge on any atom is -0.382 e. The van der Waals surface area contributed by atoms with Crippen molar-refractivity contribution in [2.45, 2.75) is 12.5 Å². The average Bonchev–Trinajstić information content (AvgIpc) is 2.43. The SMILES string of the molecule is COCCOCCCOC(CN)c1ccccc1F. The van der Waals surface area contributed by atoms with Gasteiger partial charge in [-0.1, -0.05) is 18.2 Å². The summed E-state index contributed by atoms with van der Waals surface area (Å²) in [7, 11) is 1.63. The van der Waals surface area contributed by atoms with Gasteiger partial charge in [0.05, 0.1) is 19.3 Å². The molecule has 0 spiro atoms. The first-order valence-electron chi connectivity index (χ1n) is 6.42. The summed E-state index contributed by atoms with van der Waals surface area (Å²) in [6.45, 7) is 2.50. The molecule has 0 radical (unpaired) electrons. The molecule has 0 aliphatic carbocycles. The maximum absolute atomic E-state index is 13.6. The fourth-order valence-corrected chi connectivity index (χ4v) is 1.65. The van der Waals surface area contributed by atoms with Gasteiger partial charge in [0.2, 0.25) is 0 Å². The molecule has 0 saturated heterocycles. The summed E-state index contributed by atoms with van der Waals surface area (Å²) in [5.74, 6) is -0.283. The maximum atomic E-state index is 13.6. The van der Waals surface area contributed by atoms with Crippen LogP contribution in [0.4, 0.5) is 4.39 Å². The Hall–Kier alpha value is -1.01. The van der Waals surface area contributed by atoms with Crippen LogP contribution in [0.2, 0.25) is 0 Å². The Bertz CT molecular complexity index is 349. The molecule has 0 fully saturated rings. The van der Waals surface area contributed by atoms with E-state index in [-0.39, 0.29) is 12.4 Å². The minimum atomic E-state index is -0.403. The molecule has 2 N–H and O–H groups in total. The Kier molecular flexibility index (Phi) is 8.33. The number of rotatable bonds is 10. The first-order valence-corrected chi connectivity index (χ1v) is 6.42. The maximum Gasteiger partial charge on any atom is 0.129 e. The summed E-state index contributed by atoms with van der Waals surface area (Å²) in [6.07, 6.45) is 0.342. The first kappa shape index (κ1) is 16.0. The standard InChI is InChI=1S/C14H22FNO3/c1-17-9-10-18-7-4-8-19-14(11-16)12-5-2-3-6-13(12)15/h2-3,5-6,14H,4,7-11,16H2,1H3. The highest BCUT2D eigenvalue weighted by Gasteiger charge is 2.13. The van der Waals surface area contributed by atoms with Gasteiger partial charge in [0.15, 0.2) is 0 Å². The molecule has 1 unspecified atom stereocenters. The summed E-state index contributed by atoms with van der Waals surface area (Å²) >= 11 is 0. The number of halogens is 1. The molecule has 0 saturated carbocycles. The second-order valence-electron chi connectivity index (χ2n) is 4.08. The normalized spacial score (nSPS) is 12.6. The number of methoxy groups -OCH3 is 1. The van der Waals surface area contributed by atoms with E-state index < -0.39 is 6.10 Å². The fourth-order valence-electron chi connectivity index (χ4n) is 1.65. The van der Waals surface area contributed by atoms with Crippen LogP contribution >= 0.6 is 0 Å². The van der Waals surface area contributed by atoms with Gasteiger partial charge in [0.25, 0.3) is 0 Å². The quantitative estimate of drug-likeness (QED) is 0.660. The van der Waals surface area contributed by atoms with Gasteiger partial charge >= 0.3 is 0 Å². The van der Waals surface area contributed by atoms with Crippen LogP contribution in [0, 0.1) is 5.82 Å². The Morgan fingerprint density at radius 2 is 1.95 bits per heavy atom.